The molecule has 0 bridgehead atoms. The summed E-state index contributed by atoms with van der Waals surface area (Å²) in [6.45, 7) is 7.73. The summed E-state index contributed by atoms with van der Waals surface area (Å²) in [5.74, 6) is -0.0624. The number of nitrogens with zero attached hydrogens (tertiary/aromatic N) is 1. The fourth-order valence-corrected chi connectivity index (χ4v) is 2.02. The molecule has 19 heavy (non-hydrogen) atoms. The predicted molar refractivity (Wildman–Crippen MR) is 75.3 cm³/mol. The zero-order valence-corrected chi connectivity index (χ0v) is 12.1. The van der Waals surface area contributed by atoms with Gasteiger partial charge in [0, 0.05) is 31.5 Å². The first-order valence-electron chi connectivity index (χ1n) is 6.50. The van der Waals surface area contributed by atoms with Crippen LogP contribution in [-0.2, 0) is 4.74 Å². The number of hydrogen-bond donors (Lipinski definition) is 0. The van der Waals surface area contributed by atoms with Gasteiger partial charge in [-0.15, -0.1) is 0 Å². The summed E-state index contributed by atoms with van der Waals surface area (Å²) < 4.78 is 18.4. The zero-order chi connectivity index (χ0) is 14.4. The highest BCUT2D eigenvalue weighted by Crippen LogP contribution is 2.23. The van der Waals surface area contributed by atoms with Crippen LogP contribution in [0.4, 0.5) is 10.1 Å². The van der Waals surface area contributed by atoms with Crippen LogP contribution in [-0.4, -0.2) is 32.6 Å². The van der Waals surface area contributed by atoms with E-state index in [1.165, 1.54) is 19.1 Å². The van der Waals surface area contributed by atoms with E-state index in [0.29, 0.717) is 24.6 Å². The largest absolute Gasteiger partial charge is 0.383 e. The van der Waals surface area contributed by atoms with Crippen LogP contribution in [0.25, 0.3) is 0 Å². The Kier molecular flexibility index (Phi) is 5.96. The van der Waals surface area contributed by atoms with Gasteiger partial charge in [0.25, 0.3) is 0 Å². The maximum absolute atomic E-state index is 13.3. The molecule has 1 aromatic rings. The van der Waals surface area contributed by atoms with E-state index >= 15 is 0 Å². The van der Waals surface area contributed by atoms with E-state index in [1.54, 1.807) is 13.2 Å². The molecule has 0 unspecified atom stereocenters. The average Bonchev–Trinajstić information content (AvgIpc) is 2.34. The van der Waals surface area contributed by atoms with Gasteiger partial charge < -0.3 is 9.64 Å². The van der Waals surface area contributed by atoms with E-state index in [0.717, 1.165) is 12.2 Å². The van der Waals surface area contributed by atoms with Crippen molar-refractivity contribution in [1.82, 2.24) is 0 Å². The molecule has 0 aliphatic rings. The third kappa shape index (κ3) is 4.63. The van der Waals surface area contributed by atoms with Gasteiger partial charge in [-0.1, -0.05) is 13.8 Å². The summed E-state index contributed by atoms with van der Waals surface area (Å²) in [6, 6.07) is 4.36. The second-order valence-electron chi connectivity index (χ2n) is 5.05. The summed E-state index contributed by atoms with van der Waals surface area (Å²) in [5, 5.41) is 0. The standard InChI is InChI=1S/C15H22FNO2/c1-11(2)10-17(7-8-19-4)15-6-5-13(16)9-14(15)12(3)18/h5-6,9,11H,7-8,10H2,1-4H3. The Morgan fingerprint density at radius 1 is 1.42 bits per heavy atom. The van der Waals surface area contributed by atoms with Gasteiger partial charge in [0.2, 0.25) is 0 Å². The Labute approximate surface area is 114 Å². The number of hydrogen-bond acceptors (Lipinski definition) is 3. The van der Waals surface area contributed by atoms with E-state index in [2.05, 4.69) is 18.7 Å². The number of ether oxygens (including phenoxy) is 1. The molecule has 0 atom stereocenters. The highest BCUT2D eigenvalue weighted by molar-refractivity contribution is 5.99. The molecule has 0 amide bonds. The summed E-state index contributed by atoms with van der Waals surface area (Å²) in [4.78, 5) is 13.7. The lowest BCUT2D eigenvalue weighted by Gasteiger charge is -2.28. The van der Waals surface area contributed by atoms with Crippen molar-refractivity contribution < 1.29 is 13.9 Å². The minimum absolute atomic E-state index is 0.124. The fraction of sp³-hybridized carbons (Fsp3) is 0.533. The van der Waals surface area contributed by atoms with Gasteiger partial charge >= 0.3 is 0 Å². The Hall–Kier alpha value is -1.42. The van der Waals surface area contributed by atoms with Crippen molar-refractivity contribution in [3.05, 3.63) is 29.6 Å². The molecule has 0 aliphatic heterocycles. The Balaban J connectivity index is 3.09. The van der Waals surface area contributed by atoms with Crippen LogP contribution >= 0.6 is 0 Å². The van der Waals surface area contributed by atoms with Gasteiger partial charge in [-0.25, -0.2) is 4.39 Å². The molecule has 3 nitrogen and oxygen atoms in total. The lowest BCUT2D eigenvalue weighted by molar-refractivity contribution is 0.101. The van der Waals surface area contributed by atoms with E-state index in [4.69, 9.17) is 4.74 Å². The predicted octanol–water partition coefficient (Wildman–Crippen LogP) is 3.14. The molecule has 0 saturated heterocycles. The van der Waals surface area contributed by atoms with Gasteiger partial charge in [0.05, 0.1) is 6.61 Å². The summed E-state index contributed by atoms with van der Waals surface area (Å²) in [7, 11) is 1.64. The molecular formula is C15H22FNO2. The topological polar surface area (TPSA) is 29.5 Å². The normalized spacial score (nSPS) is 10.8. The van der Waals surface area contributed by atoms with Crippen LogP contribution < -0.4 is 4.90 Å². The number of anilines is 1. The average molecular weight is 267 g/mol. The number of methoxy groups -OCH3 is 1. The smallest absolute Gasteiger partial charge is 0.161 e. The second kappa shape index (κ2) is 7.24. The van der Waals surface area contributed by atoms with E-state index in [1.807, 2.05) is 0 Å². The summed E-state index contributed by atoms with van der Waals surface area (Å²) >= 11 is 0. The second-order valence-corrected chi connectivity index (χ2v) is 5.05. The van der Waals surface area contributed by atoms with Gasteiger partial charge in [0.15, 0.2) is 5.78 Å². The van der Waals surface area contributed by atoms with Crippen molar-refractivity contribution in [2.24, 2.45) is 5.92 Å². The molecule has 0 aliphatic carbocycles. The fourth-order valence-electron chi connectivity index (χ4n) is 2.02. The number of ketones is 1. The maximum atomic E-state index is 13.3. The molecule has 0 aromatic heterocycles. The zero-order valence-electron chi connectivity index (χ0n) is 12.1. The van der Waals surface area contributed by atoms with Crippen molar-refractivity contribution in [3.8, 4) is 0 Å². The maximum Gasteiger partial charge on any atom is 0.161 e. The monoisotopic (exact) mass is 267 g/mol. The molecule has 0 fully saturated rings. The molecule has 106 valence electrons. The van der Waals surface area contributed by atoms with Crippen LogP contribution in [0.3, 0.4) is 0 Å². The molecular weight excluding hydrogens is 245 g/mol. The lowest BCUT2D eigenvalue weighted by atomic mass is 10.1. The quantitative estimate of drug-likeness (QED) is 0.711. The number of carbonyl (C=O) groups is 1. The van der Waals surface area contributed by atoms with Crippen LogP contribution in [0.2, 0.25) is 0 Å². The summed E-state index contributed by atoms with van der Waals surface area (Å²) in [6.07, 6.45) is 0. The van der Waals surface area contributed by atoms with E-state index in [-0.39, 0.29) is 11.6 Å². The first-order chi connectivity index (χ1) is 8.95. The molecule has 0 heterocycles. The number of halogens is 1. The van der Waals surface area contributed by atoms with Gasteiger partial charge in [-0.05, 0) is 31.0 Å². The number of rotatable bonds is 7. The SMILES string of the molecule is COCCN(CC(C)C)c1ccc(F)cc1C(C)=O. The first kappa shape index (κ1) is 15.6. The van der Waals surface area contributed by atoms with Crippen molar-refractivity contribution in [1.29, 1.82) is 0 Å². The Morgan fingerprint density at radius 3 is 2.63 bits per heavy atom. The van der Waals surface area contributed by atoms with Crippen LogP contribution in [0.5, 0.6) is 0 Å². The number of Topliss-reactive ketones (excluding diaryl/α,β-unsaturated/α-hetero) is 1. The van der Waals surface area contributed by atoms with Crippen LogP contribution in [0.15, 0.2) is 18.2 Å². The van der Waals surface area contributed by atoms with E-state index in [9.17, 15) is 9.18 Å². The summed E-state index contributed by atoms with van der Waals surface area (Å²) in [5.41, 5.74) is 1.21. The van der Waals surface area contributed by atoms with Crippen molar-refractivity contribution in [3.63, 3.8) is 0 Å². The van der Waals surface area contributed by atoms with E-state index < -0.39 is 0 Å². The molecule has 0 radical (unpaired) electrons. The van der Waals surface area contributed by atoms with Gasteiger partial charge in [0.1, 0.15) is 5.82 Å². The Morgan fingerprint density at radius 2 is 2.11 bits per heavy atom. The molecule has 0 N–H and O–H groups in total. The highest BCUT2D eigenvalue weighted by atomic mass is 19.1. The molecule has 4 heteroatoms. The third-order valence-corrected chi connectivity index (χ3v) is 2.83. The molecule has 0 saturated carbocycles. The Bertz CT molecular complexity index is 432. The van der Waals surface area contributed by atoms with Crippen molar-refractivity contribution in [2.75, 3.05) is 31.7 Å². The first-order valence-corrected chi connectivity index (χ1v) is 6.50. The minimum atomic E-state index is -0.384. The van der Waals surface area contributed by atoms with Crippen LogP contribution in [0, 0.1) is 11.7 Å². The molecule has 0 spiro atoms. The molecule has 1 aromatic carbocycles. The highest BCUT2D eigenvalue weighted by Gasteiger charge is 2.16. The third-order valence-electron chi connectivity index (χ3n) is 2.83. The number of carbonyl (C=O) groups excluding carboxylic acids is 1. The number of benzene rings is 1. The molecule has 1 rings (SSSR count). The lowest BCUT2D eigenvalue weighted by Crippen LogP contribution is -2.32. The minimum Gasteiger partial charge on any atom is -0.383 e. The van der Waals surface area contributed by atoms with Crippen LogP contribution in [0.1, 0.15) is 31.1 Å². The van der Waals surface area contributed by atoms with Gasteiger partial charge in [-0.2, -0.15) is 0 Å². The van der Waals surface area contributed by atoms with Gasteiger partial charge in [-0.3, -0.25) is 4.79 Å². The van der Waals surface area contributed by atoms with Crippen molar-refractivity contribution >= 4 is 11.5 Å². The van der Waals surface area contributed by atoms with Crippen molar-refractivity contribution in [2.45, 2.75) is 20.8 Å².